The third kappa shape index (κ3) is 2.82. The molecule has 0 saturated carbocycles. The minimum absolute atomic E-state index is 0.167. The highest BCUT2D eigenvalue weighted by Gasteiger charge is 2.20. The van der Waals surface area contributed by atoms with Crippen molar-refractivity contribution in [3.63, 3.8) is 0 Å². The summed E-state index contributed by atoms with van der Waals surface area (Å²) in [5.74, 6) is 0.519. The van der Waals surface area contributed by atoms with E-state index in [1.807, 2.05) is 13.8 Å². The summed E-state index contributed by atoms with van der Waals surface area (Å²) in [6.07, 6.45) is 0. The molecule has 0 fully saturated rings. The van der Waals surface area contributed by atoms with Crippen LogP contribution in [0, 0.1) is 0 Å². The second kappa shape index (κ2) is 4.67. The van der Waals surface area contributed by atoms with Crippen LogP contribution in [0.3, 0.4) is 0 Å². The molecule has 0 amide bonds. The predicted octanol–water partition coefficient (Wildman–Crippen LogP) is 3.84. The van der Waals surface area contributed by atoms with E-state index in [0.717, 1.165) is 4.47 Å². The van der Waals surface area contributed by atoms with Gasteiger partial charge in [0.25, 0.3) is 0 Å². The molecular weight excluding hydrogens is 252 g/mol. The van der Waals surface area contributed by atoms with Gasteiger partial charge in [0.2, 0.25) is 0 Å². The van der Waals surface area contributed by atoms with E-state index >= 15 is 0 Å². The zero-order valence-corrected chi connectivity index (χ0v) is 11.4. The van der Waals surface area contributed by atoms with E-state index in [1.165, 1.54) is 11.1 Å². The zero-order chi connectivity index (χ0) is 11.6. The van der Waals surface area contributed by atoms with Crippen molar-refractivity contribution >= 4 is 15.9 Å². The van der Waals surface area contributed by atoms with Crippen LogP contribution >= 0.6 is 15.9 Å². The van der Waals surface area contributed by atoms with E-state index in [1.54, 1.807) is 0 Å². The fourth-order valence-electron chi connectivity index (χ4n) is 1.51. The van der Waals surface area contributed by atoms with Gasteiger partial charge in [0.15, 0.2) is 0 Å². The maximum atomic E-state index is 9.30. The molecule has 1 rings (SSSR count). The molecule has 1 aromatic carbocycles. The fraction of sp³-hybridized carbons (Fsp3) is 0.538. The number of halogens is 1. The predicted molar refractivity (Wildman–Crippen MR) is 68.3 cm³/mol. The molecule has 1 aromatic rings. The van der Waals surface area contributed by atoms with Gasteiger partial charge in [0.1, 0.15) is 0 Å². The quantitative estimate of drug-likeness (QED) is 0.885. The van der Waals surface area contributed by atoms with E-state index < -0.39 is 0 Å². The second-order valence-electron chi connectivity index (χ2n) is 4.93. The van der Waals surface area contributed by atoms with Crippen molar-refractivity contribution in [3.05, 3.63) is 33.8 Å². The van der Waals surface area contributed by atoms with Crippen molar-refractivity contribution in [2.24, 2.45) is 0 Å². The summed E-state index contributed by atoms with van der Waals surface area (Å²) in [5, 5.41) is 9.30. The number of aliphatic hydroxyl groups is 1. The van der Waals surface area contributed by atoms with Crippen LogP contribution < -0.4 is 0 Å². The lowest BCUT2D eigenvalue weighted by atomic mass is 9.84. The molecule has 0 aliphatic rings. The lowest BCUT2D eigenvalue weighted by Crippen LogP contribution is -2.22. The Kier molecular flexibility index (Phi) is 3.96. The topological polar surface area (TPSA) is 20.2 Å². The molecule has 0 radical (unpaired) electrons. The Balaban J connectivity index is 3.12. The minimum Gasteiger partial charge on any atom is -0.395 e. The Morgan fingerprint density at radius 2 is 1.93 bits per heavy atom. The maximum Gasteiger partial charge on any atom is 0.0522 e. The van der Waals surface area contributed by atoms with Crippen molar-refractivity contribution in [1.82, 2.24) is 0 Å². The average molecular weight is 271 g/mol. The first kappa shape index (κ1) is 12.7. The molecule has 0 bridgehead atoms. The van der Waals surface area contributed by atoms with E-state index in [4.69, 9.17) is 0 Å². The minimum atomic E-state index is -0.169. The van der Waals surface area contributed by atoms with E-state index in [-0.39, 0.29) is 12.0 Å². The first-order valence-corrected chi connectivity index (χ1v) is 6.08. The Hall–Kier alpha value is -0.340. The van der Waals surface area contributed by atoms with Gasteiger partial charge in [-0.1, -0.05) is 55.8 Å². The smallest absolute Gasteiger partial charge is 0.0522 e. The lowest BCUT2D eigenvalue weighted by molar-refractivity contribution is 0.218. The van der Waals surface area contributed by atoms with Crippen molar-refractivity contribution < 1.29 is 5.11 Å². The number of benzene rings is 1. The molecule has 0 spiro atoms. The molecule has 1 N–H and O–H groups in total. The van der Waals surface area contributed by atoms with Crippen molar-refractivity contribution in [2.45, 2.75) is 39.0 Å². The van der Waals surface area contributed by atoms with E-state index in [9.17, 15) is 5.11 Å². The van der Waals surface area contributed by atoms with Crippen molar-refractivity contribution in [2.75, 3.05) is 6.61 Å². The van der Waals surface area contributed by atoms with Crippen LogP contribution in [0.2, 0.25) is 0 Å². The van der Waals surface area contributed by atoms with Gasteiger partial charge in [0, 0.05) is 9.89 Å². The van der Waals surface area contributed by atoms with Crippen molar-refractivity contribution in [1.29, 1.82) is 0 Å². The summed E-state index contributed by atoms with van der Waals surface area (Å²) in [5.41, 5.74) is 2.31. The fourth-order valence-corrected chi connectivity index (χ4v) is 2.34. The highest BCUT2D eigenvalue weighted by Crippen LogP contribution is 2.30. The number of hydrogen-bond donors (Lipinski definition) is 1. The summed E-state index contributed by atoms with van der Waals surface area (Å²) in [6.45, 7) is 8.61. The molecule has 84 valence electrons. The first-order chi connectivity index (χ1) is 6.88. The van der Waals surface area contributed by atoms with E-state index in [0.29, 0.717) is 5.92 Å². The van der Waals surface area contributed by atoms with Crippen LogP contribution in [0.1, 0.15) is 44.7 Å². The van der Waals surface area contributed by atoms with Gasteiger partial charge in [-0.25, -0.2) is 0 Å². The SMILES string of the molecule is CC(C)c1ccc(C(C)(C)CO)cc1Br. The molecule has 0 atom stereocenters. The van der Waals surface area contributed by atoms with Crippen LogP contribution in [0.25, 0.3) is 0 Å². The Labute approximate surface area is 101 Å². The van der Waals surface area contributed by atoms with Gasteiger partial charge in [-0.15, -0.1) is 0 Å². The highest BCUT2D eigenvalue weighted by atomic mass is 79.9. The molecule has 0 aromatic heterocycles. The molecule has 15 heavy (non-hydrogen) atoms. The zero-order valence-electron chi connectivity index (χ0n) is 9.84. The molecule has 0 saturated heterocycles. The normalized spacial score (nSPS) is 12.2. The summed E-state index contributed by atoms with van der Waals surface area (Å²) in [6, 6.07) is 6.36. The Bertz CT molecular complexity index is 342. The molecule has 2 heteroatoms. The molecule has 1 nitrogen and oxygen atoms in total. The third-order valence-electron chi connectivity index (χ3n) is 2.80. The van der Waals surface area contributed by atoms with Crippen LogP contribution in [-0.2, 0) is 5.41 Å². The number of rotatable bonds is 3. The van der Waals surface area contributed by atoms with Crippen molar-refractivity contribution in [3.8, 4) is 0 Å². The molecule has 0 unspecified atom stereocenters. The molecule has 0 aliphatic heterocycles. The Morgan fingerprint density at radius 1 is 1.33 bits per heavy atom. The molecular formula is C13H19BrO. The molecule has 0 aliphatic carbocycles. The van der Waals surface area contributed by atoms with E-state index in [2.05, 4.69) is 48.0 Å². The standard InChI is InChI=1S/C13H19BrO/c1-9(2)11-6-5-10(7-12(11)14)13(3,4)8-15/h5-7,9,15H,8H2,1-4H3. The molecule has 0 heterocycles. The third-order valence-corrected chi connectivity index (χ3v) is 3.49. The van der Waals surface area contributed by atoms with Gasteiger partial charge in [-0.05, 0) is 23.1 Å². The Morgan fingerprint density at radius 3 is 2.33 bits per heavy atom. The summed E-state index contributed by atoms with van der Waals surface area (Å²) in [7, 11) is 0. The van der Waals surface area contributed by atoms with Gasteiger partial charge >= 0.3 is 0 Å². The lowest BCUT2D eigenvalue weighted by Gasteiger charge is -2.23. The van der Waals surface area contributed by atoms with Crippen LogP contribution in [0.5, 0.6) is 0 Å². The largest absolute Gasteiger partial charge is 0.395 e. The summed E-state index contributed by atoms with van der Waals surface area (Å²) < 4.78 is 1.14. The van der Waals surface area contributed by atoms with Crippen LogP contribution in [0.15, 0.2) is 22.7 Å². The maximum absolute atomic E-state index is 9.30. The van der Waals surface area contributed by atoms with Crippen LogP contribution in [-0.4, -0.2) is 11.7 Å². The van der Waals surface area contributed by atoms with Crippen LogP contribution in [0.4, 0.5) is 0 Å². The average Bonchev–Trinajstić information content (AvgIpc) is 2.17. The first-order valence-electron chi connectivity index (χ1n) is 5.29. The number of hydrogen-bond acceptors (Lipinski definition) is 1. The van der Waals surface area contributed by atoms with Gasteiger partial charge in [-0.2, -0.15) is 0 Å². The summed E-state index contributed by atoms with van der Waals surface area (Å²) in [4.78, 5) is 0. The highest BCUT2D eigenvalue weighted by molar-refractivity contribution is 9.10. The monoisotopic (exact) mass is 270 g/mol. The van der Waals surface area contributed by atoms with Gasteiger partial charge in [0.05, 0.1) is 6.61 Å². The summed E-state index contributed by atoms with van der Waals surface area (Å²) >= 11 is 3.59. The number of aliphatic hydroxyl groups excluding tert-OH is 1. The van der Waals surface area contributed by atoms with Gasteiger partial charge < -0.3 is 5.11 Å². The second-order valence-corrected chi connectivity index (χ2v) is 5.79. The van der Waals surface area contributed by atoms with Gasteiger partial charge in [-0.3, -0.25) is 0 Å².